The molecule has 0 amide bonds. The third-order valence-corrected chi connectivity index (χ3v) is 3.26. The van der Waals surface area contributed by atoms with E-state index in [0.29, 0.717) is 6.42 Å². The van der Waals surface area contributed by atoms with Gasteiger partial charge in [-0.25, -0.2) is 4.98 Å². The van der Waals surface area contributed by atoms with Crippen LogP contribution in [-0.4, -0.2) is 22.6 Å². The van der Waals surface area contributed by atoms with Crippen molar-refractivity contribution in [2.75, 3.05) is 11.9 Å². The van der Waals surface area contributed by atoms with Crippen molar-refractivity contribution in [3.63, 3.8) is 0 Å². The van der Waals surface area contributed by atoms with Crippen LogP contribution in [0.2, 0.25) is 0 Å². The molecule has 0 aliphatic carbocycles. The number of thiazole rings is 1. The van der Waals surface area contributed by atoms with Gasteiger partial charge in [0.25, 0.3) is 0 Å². The molecule has 0 aliphatic rings. The number of hydrogen-bond donors (Lipinski definition) is 2. The fourth-order valence-corrected chi connectivity index (χ4v) is 1.95. The molecule has 0 saturated heterocycles. The minimum atomic E-state index is -0.721. The van der Waals surface area contributed by atoms with Crippen molar-refractivity contribution in [2.24, 2.45) is 5.41 Å². The summed E-state index contributed by atoms with van der Waals surface area (Å²) in [6, 6.07) is 0. The molecular formula is C11H18N2O2S. The second-order valence-electron chi connectivity index (χ2n) is 4.57. The monoisotopic (exact) mass is 242 g/mol. The van der Waals surface area contributed by atoms with Crippen molar-refractivity contribution >= 4 is 22.4 Å². The summed E-state index contributed by atoms with van der Waals surface area (Å²) in [6.45, 7) is 5.03. The maximum atomic E-state index is 10.5. The average molecular weight is 242 g/mol. The lowest BCUT2D eigenvalue weighted by atomic mass is 9.84. The zero-order valence-electron chi connectivity index (χ0n) is 9.69. The summed E-state index contributed by atoms with van der Waals surface area (Å²) in [5.74, 6) is -0.721. The van der Waals surface area contributed by atoms with Crippen LogP contribution in [0.5, 0.6) is 0 Å². The molecule has 5 heteroatoms. The van der Waals surface area contributed by atoms with Crippen LogP contribution in [0.15, 0.2) is 11.6 Å². The Morgan fingerprint density at radius 1 is 1.56 bits per heavy atom. The lowest BCUT2D eigenvalue weighted by molar-refractivity contribution is -0.137. The first-order valence-corrected chi connectivity index (χ1v) is 6.23. The molecule has 0 spiro atoms. The molecule has 0 aliphatic heterocycles. The summed E-state index contributed by atoms with van der Waals surface area (Å²) < 4.78 is 0. The molecular weight excluding hydrogens is 224 g/mol. The van der Waals surface area contributed by atoms with E-state index in [1.807, 2.05) is 5.38 Å². The van der Waals surface area contributed by atoms with Crippen molar-refractivity contribution in [2.45, 2.75) is 33.1 Å². The predicted octanol–water partition coefficient (Wildman–Crippen LogP) is 2.84. The third-order valence-electron chi connectivity index (χ3n) is 2.53. The zero-order chi connectivity index (χ0) is 12.0. The normalized spacial score (nSPS) is 11.4. The molecule has 0 unspecified atom stereocenters. The summed E-state index contributed by atoms with van der Waals surface area (Å²) in [4.78, 5) is 14.6. The first-order chi connectivity index (χ1) is 7.49. The van der Waals surface area contributed by atoms with Gasteiger partial charge in [0.2, 0.25) is 0 Å². The topological polar surface area (TPSA) is 62.2 Å². The molecule has 0 aromatic carbocycles. The van der Waals surface area contributed by atoms with Gasteiger partial charge in [0.05, 0.1) is 0 Å². The van der Waals surface area contributed by atoms with Crippen LogP contribution in [0.25, 0.3) is 0 Å². The first kappa shape index (κ1) is 13.0. The Labute approximate surface area is 99.7 Å². The summed E-state index contributed by atoms with van der Waals surface area (Å²) in [5, 5.41) is 14.7. The van der Waals surface area contributed by atoms with E-state index >= 15 is 0 Å². The molecule has 1 heterocycles. The molecule has 1 aromatic rings. The SMILES string of the molecule is CC(C)(CCNc1nccs1)CCC(=O)O. The van der Waals surface area contributed by atoms with E-state index in [-0.39, 0.29) is 11.8 Å². The van der Waals surface area contributed by atoms with Crippen LogP contribution in [0.1, 0.15) is 33.1 Å². The standard InChI is InChI=1S/C11H18N2O2S/c1-11(2,4-3-9(14)15)5-6-12-10-13-7-8-16-10/h7-8H,3-6H2,1-2H3,(H,12,13)(H,14,15). The van der Waals surface area contributed by atoms with Gasteiger partial charge in [-0.3, -0.25) is 4.79 Å². The van der Waals surface area contributed by atoms with E-state index in [9.17, 15) is 4.79 Å². The fourth-order valence-electron chi connectivity index (χ4n) is 1.39. The van der Waals surface area contributed by atoms with Crippen LogP contribution in [0.4, 0.5) is 5.13 Å². The van der Waals surface area contributed by atoms with E-state index in [4.69, 9.17) is 5.11 Å². The lowest BCUT2D eigenvalue weighted by Gasteiger charge is -2.23. The number of carboxylic acids is 1. The Bertz CT molecular complexity index is 323. The summed E-state index contributed by atoms with van der Waals surface area (Å²) >= 11 is 1.58. The molecule has 4 nitrogen and oxygen atoms in total. The van der Waals surface area contributed by atoms with E-state index < -0.39 is 5.97 Å². The van der Waals surface area contributed by atoms with Gasteiger partial charge in [-0.15, -0.1) is 11.3 Å². The van der Waals surface area contributed by atoms with Gasteiger partial charge in [0, 0.05) is 24.5 Å². The molecule has 16 heavy (non-hydrogen) atoms. The number of nitrogens with one attached hydrogen (secondary N) is 1. The molecule has 0 radical (unpaired) electrons. The second kappa shape index (κ2) is 5.84. The lowest BCUT2D eigenvalue weighted by Crippen LogP contribution is -2.18. The van der Waals surface area contributed by atoms with E-state index in [1.165, 1.54) is 0 Å². The molecule has 0 saturated carbocycles. The minimum Gasteiger partial charge on any atom is -0.481 e. The number of anilines is 1. The Morgan fingerprint density at radius 2 is 2.31 bits per heavy atom. The van der Waals surface area contributed by atoms with Crippen LogP contribution in [0.3, 0.4) is 0 Å². The van der Waals surface area contributed by atoms with Crippen molar-refractivity contribution in [1.82, 2.24) is 4.98 Å². The highest BCUT2D eigenvalue weighted by molar-refractivity contribution is 7.13. The molecule has 90 valence electrons. The molecule has 0 atom stereocenters. The second-order valence-corrected chi connectivity index (χ2v) is 5.47. The largest absolute Gasteiger partial charge is 0.481 e. The maximum Gasteiger partial charge on any atom is 0.303 e. The number of rotatable bonds is 7. The Balaban J connectivity index is 2.22. The molecule has 1 aromatic heterocycles. The van der Waals surface area contributed by atoms with Crippen LogP contribution < -0.4 is 5.32 Å². The van der Waals surface area contributed by atoms with Crippen molar-refractivity contribution in [3.8, 4) is 0 Å². The average Bonchev–Trinajstić information content (AvgIpc) is 2.68. The van der Waals surface area contributed by atoms with Gasteiger partial charge in [-0.2, -0.15) is 0 Å². The highest BCUT2D eigenvalue weighted by atomic mass is 32.1. The third kappa shape index (κ3) is 5.11. The van der Waals surface area contributed by atoms with E-state index in [1.54, 1.807) is 17.5 Å². The quantitative estimate of drug-likeness (QED) is 0.771. The van der Waals surface area contributed by atoms with E-state index in [0.717, 1.165) is 18.1 Å². The first-order valence-electron chi connectivity index (χ1n) is 5.35. The minimum absolute atomic E-state index is 0.0582. The van der Waals surface area contributed by atoms with Crippen molar-refractivity contribution in [1.29, 1.82) is 0 Å². The molecule has 0 fully saturated rings. The number of carbonyl (C=O) groups is 1. The van der Waals surface area contributed by atoms with Gasteiger partial charge in [0.1, 0.15) is 0 Å². The number of hydrogen-bond acceptors (Lipinski definition) is 4. The van der Waals surface area contributed by atoms with Gasteiger partial charge >= 0.3 is 5.97 Å². The molecule has 2 N–H and O–H groups in total. The highest BCUT2D eigenvalue weighted by Crippen LogP contribution is 2.26. The van der Waals surface area contributed by atoms with Crippen LogP contribution in [-0.2, 0) is 4.79 Å². The fraction of sp³-hybridized carbons (Fsp3) is 0.636. The number of aliphatic carboxylic acids is 1. The van der Waals surface area contributed by atoms with Crippen LogP contribution in [0, 0.1) is 5.41 Å². The predicted molar refractivity (Wildman–Crippen MR) is 65.9 cm³/mol. The number of carboxylic acid groups (broad SMARTS) is 1. The summed E-state index contributed by atoms with van der Waals surface area (Å²) in [7, 11) is 0. The highest BCUT2D eigenvalue weighted by Gasteiger charge is 2.18. The molecule has 1 rings (SSSR count). The number of aromatic nitrogens is 1. The number of nitrogens with zero attached hydrogens (tertiary/aromatic N) is 1. The van der Waals surface area contributed by atoms with Crippen molar-refractivity contribution in [3.05, 3.63) is 11.6 Å². The van der Waals surface area contributed by atoms with Gasteiger partial charge in [-0.05, 0) is 18.3 Å². The maximum absolute atomic E-state index is 10.5. The Kier molecular flexibility index (Phi) is 4.73. The van der Waals surface area contributed by atoms with Gasteiger partial charge < -0.3 is 10.4 Å². The van der Waals surface area contributed by atoms with Crippen LogP contribution >= 0.6 is 11.3 Å². The molecule has 0 bridgehead atoms. The smallest absolute Gasteiger partial charge is 0.303 e. The van der Waals surface area contributed by atoms with Crippen molar-refractivity contribution < 1.29 is 9.90 Å². The van der Waals surface area contributed by atoms with Gasteiger partial charge in [0.15, 0.2) is 5.13 Å². The van der Waals surface area contributed by atoms with Gasteiger partial charge in [-0.1, -0.05) is 13.8 Å². The zero-order valence-corrected chi connectivity index (χ0v) is 10.5. The summed E-state index contributed by atoms with van der Waals surface area (Å²) in [6.07, 6.45) is 3.66. The Hall–Kier alpha value is -1.10. The summed E-state index contributed by atoms with van der Waals surface area (Å²) in [5.41, 5.74) is 0.0582. The Morgan fingerprint density at radius 3 is 2.88 bits per heavy atom. The van der Waals surface area contributed by atoms with E-state index in [2.05, 4.69) is 24.1 Å².